The van der Waals surface area contributed by atoms with E-state index in [1.807, 2.05) is 91.0 Å². The molecule has 0 aliphatic rings. The lowest BCUT2D eigenvalue weighted by Crippen LogP contribution is -2.25. The van der Waals surface area contributed by atoms with E-state index in [1.54, 1.807) is 0 Å². The Kier molecular flexibility index (Phi) is 5.73. The summed E-state index contributed by atoms with van der Waals surface area (Å²) in [7, 11) is 0. The van der Waals surface area contributed by atoms with Crippen molar-refractivity contribution in [1.82, 2.24) is 5.32 Å². The first kappa shape index (κ1) is 16.7. The zero-order valence-electron chi connectivity index (χ0n) is 13.9. The lowest BCUT2D eigenvalue weighted by Gasteiger charge is -2.08. The van der Waals surface area contributed by atoms with Gasteiger partial charge in [0.05, 0.1) is 5.71 Å². The molecule has 3 aromatic rings. The summed E-state index contributed by atoms with van der Waals surface area (Å²) in [6.07, 6.45) is 0. The molecule has 0 fully saturated rings. The van der Waals surface area contributed by atoms with Gasteiger partial charge in [-0.15, -0.1) is 0 Å². The van der Waals surface area contributed by atoms with Gasteiger partial charge in [0.2, 0.25) is 5.91 Å². The number of aliphatic imine (C=N–C) groups is 1. The third kappa shape index (κ3) is 4.88. The molecule has 0 saturated carbocycles. The number of hydrogen-bond donors (Lipinski definition) is 1. The second-order valence-electron chi connectivity index (χ2n) is 5.66. The fraction of sp³-hybridized carbons (Fsp3) is 0.0909. The molecule has 124 valence electrons. The van der Waals surface area contributed by atoms with E-state index in [0.717, 1.165) is 22.4 Å². The van der Waals surface area contributed by atoms with Gasteiger partial charge < -0.3 is 5.32 Å². The van der Waals surface area contributed by atoms with Crippen LogP contribution < -0.4 is 5.32 Å². The lowest BCUT2D eigenvalue weighted by molar-refractivity contribution is -0.119. The molecule has 0 radical (unpaired) electrons. The average molecular weight is 328 g/mol. The van der Waals surface area contributed by atoms with Crippen molar-refractivity contribution in [2.45, 2.75) is 6.54 Å². The first-order valence-electron chi connectivity index (χ1n) is 8.29. The molecular formula is C22H20N2O. The van der Waals surface area contributed by atoms with Crippen LogP contribution in [-0.4, -0.2) is 18.2 Å². The van der Waals surface area contributed by atoms with E-state index in [1.165, 1.54) is 0 Å². The molecule has 25 heavy (non-hydrogen) atoms. The van der Waals surface area contributed by atoms with Gasteiger partial charge in [-0.25, -0.2) is 0 Å². The van der Waals surface area contributed by atoms with Gasteiger partial charge in [0, 0.05) is 17.7 Å². The molecule has 0 aliphatic heterocycles. The zero-order valence-corrected chi connectivity index (χ0v) is 13.9. The second kappa shape index (κ2) is 8.60. The summed E-state index contributed by atoms with van der Waals surface area (Å²) in [4.78, 5) is 16.7. The molecule has 0 atom stereocenters. The second-order valence-corrected chi connectivity index (χ2v) is 5.66. The van der Waals surface area contributed by atoms with Gasteiger partial charge in [0.25, 0.3) is 0 Å². The molecule has 0 bridgehead atoms. The van der Waals surface area contributed by atoms with Gasteiger partial charge in [0.15, 0.2) is 0 Å². The topological polar surface area (TPSA) is 41.5 Å². The Hall–Kier alpha value is -3.20. The SMILES string of the molecule is O=C(CN=C(c1ccccc1)c1ccccc1)NCc1ccccc1. The van der Waals surface area contributed by atoms with E-state index in [2.05, 4.69) is 10.3 Å². The molecule has 1 amide bonds. The van der Waals surface area contributed by atoms with E-state index in [9.17, 15) is 4.79 Å². The monoisotopic (exact) mass is 328 g/mol. The lowest BCUT2D eigenvalue weighted by atomic mass is 10.0. The standard InChI is InChI=1S/C22H20N2O/c25-21(23-16-18-10-4-1-5-11-18)17-24-22(19-12-6-2-7-13-19)20-14-8-3-9-15-20/h1-15H,16-17H2,(H,23,25). The highest BCUT2D eigenvalue weighted by Crippen LogP contribution is 2.11. The molecule has 0 heterocycles. The quantitative estimate of drug-likeness (QED) is 0.686. The van der Waals surface area contributed by atoms with Crippen LogP contribution in [0.2, 0.25) is 0 Å². The largest absolute Gasteiger partial charge is 0.350 e. The molecule has 0 unspecified atom stereocenters. The highest BCUT2D eigenvalue weighted by atomic mass is 16.1. The highest BCUT2D eigenvalue weighted by molar-refractivity contribution is 6.13. The van der Waals surface area contributed by atoms with E-state index in [-0.39, 0.29) is 12.5 Å². The minimum atomic E-state index is -0.0896. The van der Waals surface area contributed by atoms with Crippen molar-refractivity contribution in [3.63, 3.8) is 0 Å². The van der Waals surface area contributed by atoms with E-state index >= 15 is 0 Å². The van der Waals surface area contributed by atoms with Crippen LogP contribution in [0.25, 0.3) is 0 Å². The minimum Gasteiger partial charge on any atom is -0.350 e. The summed E-state index contributed by atoms with van der Waals surface area (Å²) in [6.45, 7) is 0.618. The maximum absolute atomic E-state index is 12.2. The highest BCUT2D eigenvalue weighted by Gasteiger charge is 2.07. The van der Waals surface area contributed by atoms with Crippen LogP contribution in [0.3, 0.4) is 0 Å². The molecule has 0 aliphatic carbocycles. The van der Waals surface area contributed by atoms with Crippen LogP contribution in [0, 0.1) is 0 Å². The molecule has 3 heteroatoms. The van der Waals surface area contributed by atoms with Gasteiger partial charge in [-0.05, 0) is 5.56 Å². The normalized spacial score (nSPS) is 10.1. The fourth-order valence-corrected chi connectivity index (χ4v) is 2.54. The zero-order chi connectivity index (χ0) is 17.3. The van der Waals surface area contributed by atoms with E-state index < -0.39 is 0 Å². The number of amides is 1. The molecule has 3 aromatic carbocycles. The van der Waals surface area contributed by atoms with Crippen LogP contribution >= 0.6 is 0 Å². The molecule has 0 saturated heterocycles. The Labute approximate surface area is 148 Å². The van der Waals surface area contributed by atoms with E-state index in [4.69, 9.17) is 0 Å². The average Bonchev–Trinajstić information content (AvgIpc) is 2.69. The van der Waals surface area contributed by atoms with Crippen molar-refractivity contribution >= 4 is 11.6 Å². The number of carbonyl (C=O) groups is 1. The number of carbonyl (C=O) groups excluding carboxylic acids is 1. The Morgan fingerprint density at radius 1 is 0.720 bits per heavy atom. The summed E-state index contributed by atoms with van der Waals surface area (Å²) in [5.41, 5.74) is 3.91. The smallest absolute Gasteiger partial charge is 0.241 e. The molecule has 3 rings (SSSR count). The first-order valence-corrected chi connectivity index (χ1v) is 8.29. The Morgan fingerprint density at radius 2 is 1.20 bits per heavy atom. The summed E-state index contributed by atoms with van der Waals surface area (Å²) in [5.74, 6) is -0.0896. The van der Waals surface area contributed by atoms with Crippen LogP contribution in [0.1, 0.15) is 16.7 Å². The number of benzene rings is 3. The number of nitrogens with one attached hydrogen (secondary N) is 1. The third-order valence-electron chi connectivity index (χ3n) is 3.81. The van der Waals surface area contributed by atoms with Crippen molar-refractivity contribution in [1.29, 1.82) is 0 Å². The third-order valence-corrected chi connectivity index (χ3v) is 3.81. The number of hydrogen-bond acceptors (Lipinski definition) is 2. The molecule has 0 spiro atoms. The maximum atomic E-state index is 12.2. The Balaban J connectivity index is 1.72. The van der Waals surface area contributed by atoms with E-state index in [0.29, 0.717) is 6.54 Å². The molecule has 3 nitrogen and oxygen atoms in total. The van der Waals surface area contributed by atoms with Gasteiger partial charge in [-0.2, -0.15) is 0 Å². The summed E-state index contributed by atoms with van der Waals surface area (Å²) in [5, 5.41) is 2.91. The number of rotatable bonds is 6. The molecule has 1 N–H and O–H groups in total. The summed E-state index contributed by atoms with van der Waals surface area (Å²) in [6, 6.07) is 29.7. The predicted octanol–water partition coefficient (Wildman–Crippen LogP) is 3.84. The molecule has 0 aromatic heterocycles. The summed E-state index contributed by atoms with van der Waals surface area (Å²) >= 11 is 0. The van der Waals surface area contributed by atoms with Gasteiger partial charge in [0.1, 0.15) is 6.54 Å². The molecular weight excluding hydrogens is 308 g/mol. The summed E-state index contributed by atoms with van der Waals surface area (Å²) < 4.78 is 0. The van der Waals surface area contributed by atoms with Crippen LogP contribution in [0.15, 0.2) is 96.0 Å². The van der Waals surface area contributed by atoms with Crippen molar-refractivity contribution < 1.29 is 4.79 Å². The Bertz CT molecular complexity index is 786. The van der Waals surface area contributed by atoms with Crippen molar-refractivity contribution in [3.05, 3.63) is 108 Å². The van der Waals surface area contributed by atoms with Gasteiger partial charge in [-0.1, -0.05) is 91.0 Å². The maximum Gasteiger partial charge on any atom is 0.241 e. The number of nitrogens with zero attached hydrogens (tertiary/aromatic N) is 1. The van der Waals surface area contributed by atoms with Crippen LogP contribution in [0.4, 0.5) is 0 Å². The Morgan fingerprint density at radius 3 is 1.72 bits per heavy atom. The van der Waals surface area contributed by atoms with Gasteiger partial charge >= 0.3 is 0 Å². The van der Waals surface area contributed by atoms with Crippen molar-refractivity contribution in [2.75, 3.05) is 6.54 Å². The predicted molar refractivity (Wildman–Crippen MR) is 102 cm³/mol. The van der Waals surface area contributed by atoms with Gasteiger partial charge in [-0.3, -0.25) is 9.79 Å². The minimum absolute atomic E-state index is 0.0896. The van der Waals surface area contributed by atoms with Crippen molar-refractivity contribution in [3.8, 4) is 0 Å². The van der Waals surface area contributed by atoms with Crippen LogP contribution in [0.5, 0.6) is 0 Å². The van der Waals surface area contributed by atoms with Crippen LogP contribution in [-0.2, 0) is 11.3 Å². The first-order chi connectivity index (χ1) is 12.3. The fourth-order valence-electron chi connectivity index (χ4n) is 2.54. The van der Waals surface area contributed by atoms with Crippen molar-refractivity contribution in [2.24, 2.45) is 4.99 Å².